The van der Waals surface area contributed by atoms with Crippen LogP contribution in [0.5, 0.6) is 11.5 Å². The Kier molecular flexibility index (Phi) is 6.53. The lowest BCUT2D eigenvalue weighted by Crippen LogP contribution is -2.51. The lowest BCUT2D eigenvalue weighted by atomic mass is 9.73. The third kappa shape index (κ3) is 4.42. The van der Waals surface area contributed by atoms with E-state index in [-0.39, 0.29) is 33.2 Å². The van der Waals surface area contributed by atoms with Crippen LogP contribution in [-0.2, 0) is 4.74 Å². The van der Waals surface area contributed by atoms with E-state index in [0.29, 0.717) is 35.4 Å². The van der Waals surface area contributed by atoms with Crippen LogP contribution in [-0.4, -0.2) is 41.4 Å². The minimum Gasteiger partial charge on any atom is -0.456 e. The Balaban J connectivity index is 1.39. The highest BCUT2D eigenvalue weighted by molar-refractivity contribution is 6.44. The van der Waals surface area contributed by atoms with E-state index in [2.05, 4.69) is 4.90 Å². The Morgan fingerprint density at radius 2 is 1.83 bits per heavy atom. The lowest BCUT2D eigenvalue weighted by Gasteiger charge is -2.41. The van der Waals surface area contributed by atoms with Crippen LogP contribution in [0.15, 0.2) is 53.3 Å². The van der Waals surface area contributed by atoms with Crippen molar-refractivity contribution in [3.63, 3.8) is 0 Å². The molecule has 2 fully saturated rings. The Morgan fingerprint density at radius 1 is 1.11 bits per heavy atom. The zero-order valence-corrected chi connectivity index (χ0v) is 21.2. The minimum absolute atomic E-state index is 0.00773. The van der Waals surface area contributed by atoms with Gasteiger partial charge in [0.1, 0.15) is 28.2 Å². The second-order valence-corrected chi connectivity index (χ2v) is 10.1. The van der Waals surface area contributed by atoms with Crippen LogP contribution >= 0.6 is 23.2 Å². The first-order valence-electron chi connectivity index (χ1n) is 11.7. The summed E-state index contributed by atoms with van der Waals surface area (Å²) in [4.78, 5) is 20.1. The summed E-state index contributed by atoms with van der Waals surface area (Å²) in [5.41, 5.74) is 6.68. The molecule has 0 radical (unpaired) electrons. The van der Waals surface area contributed by atoms with Crippen LogP contribution in [0.3, 0.4) is 0 Å². The largest absolute Gasteiger partial charge is 0.456 e. The maximum atomic E-state index is 13.2. The fraction of sp³-hybridized carbons (Fsp3) is 0.385. The van der Waals surface area contributed by atoms with Gasteiger partial charge in [-0.15, -0.1) is 0 Å². The molecule has 7 nitrogen and oxygen atoms in total. The van der Waals surface area contributed by atoms with E-state index in [1.54, 1.807) is 25.1 Å². The lowest BCUT2D eigenvalue weighted by molar-refractivity contribution is 0.0974. The van der Waals surface area contributed by atoms with Gasteiger partial charge in [0.15, 0.2) is 0 Å². The number of nitrogens with two attached hydrogens (primary N) is 1. The van der Waals surface area contributed by atoms with E-state index in [1.165, 1.54) is 4.57 Å². The molecule has 2 saturated heterocycles. The van der Waals surface area contributed by atoms with Crippen LogP contribution in [0.1, 0.15) is 25.6 Å². The molecular weight excluding hydrogens is 487 g/mol. The van der Waals surface area contributed by atoms with Crippen molar-refractivity contribution in [2.24, 2.45) is 11.1 Å². The first kappa shape index (κ1) is 24.1. The molecular formula is C26H28Cl2N4O3. The molecule has 9 heteroatoms. The summed E-state index contributed by atoms with van der Waals surface area (Å²) in [6.45, 7) is 6.07. The molecule has 5 rings (SSSR count). The smallest absolute Gasteiger partial charge is 0.260 e. The molecule has 1 spiro atoms. The molecule has 0 amide bonds. The van der Waals surface area contributed by atoms with Crippen LogP contribution in [0.4, 0.5) is 5.82 Å². The van der Waals surface area contributed by atoms with Crippen LogP contribution in [0.2, 0.25) is 10.0 Å². The molecule has 3 aromatic rings. The van der Waals surface area contributed by atoms with E-state index < -0.39 is 0 Å². The average molecular weight is 515 g/mol. The highest BCUT2D eigenvalue weighted by Crippen LogP contribution is 2.42. The number of para-hydroxylation sites is 1. The van der Waals surface area contributed by atoms with Crippen molar-refractivity contribution in [1.29, 1.82) is 0 Å². The highest BCUT2D eigenvalue weighted by atomic mass is 35.5. The normalized spacial score (nSPS) is 21.5. The van der Waals surface area contributed by atoms with Gasteiger partial charge in [0.2, 0.25) is 0 Å². The number of ether oxygens (including phenoxy) is 2. The zero-order valence-electron chi connectivity index (χ0n) is 19.7. The van der Waals surface area contributed by atoms with Gasteiger partial charge in [-0.1, -0.05) is 41.4 Å². The van der Waals surface area contributed by atoms with Crippen molar-refractivity contribution < 1.29 is 9.47 Å². The number of halogens is 2. The molecule has 0 aliphatic carbocycles. The molecule has 2 atom stereocenters. The molecule has 1 aromatic heterocycles. The molecule has 2 aliphatic rings. The molecule has 184 valence electrons. The number of benzene rings is 2. The van der Waals surface area contributed by atoms with Crippen LogP contribution in [0, 0.1) is 12.3 Å². The van der Waals surface area contributed by atoms with Crippen LogP contribution in [0.25, 0.3) is 5.69 Å². The Bertz CT molecular complexity index is 1290. The second kappa shape index (κ2) is 9.47. The number of rotatable bonds is 4. The predicted octanol–water partition coefficient (Wildman–Crippen LogP) is 4.97. The molecule has 0 bridgehead atoms. The van der Waals surface area contributed by atoms with E-state index in [4.69, 9.17) is 43.4 Å². The van der Waals surface area contributed by atoms with Gasteiger partial charge >= 0.3 is 0 Å². The summed E-state index contributed by atoms with van der Waals surface area (Å²) in [5, 5.41) is 0.457. The summed E-state index contributed by atoms with van der Waals surface area (Å²) in [6, 6.07) is 14.3. The molecule has 2 aromatic carbocycles. The fourth-order valence-electron chi connectivity index (χ4n) is 5.08. The Hall–Kier alpha value is -2.58. The summed E-state index contributed by atoms with van der Waals surface area (Å²) >= 11 is 13.1. The SMILES string of the molecule is Cc1nc(N2CCC3(CC2)CO[C@@H](C)[C@H]3N)cc(=O)n1-c1ccc(Oc2ccccc2)c(Cl)c1Cl. The number of anilines is 1. The fourth-order valence-corrected chi connectivity index (χ4v) is 5.52. The summed E-state index contributed by atoms with van der Waals surface area (Å²) < 4.78 is 13.1. The molecule has 2 aliphatic heterocycles. The monoisotopic (exact) mass is 514 g/mol. The maximum Gasteiger partial charge on any atom is 0.260 e. The van der Waals surface area contributed by atoms with Gasteiger partial charge in [0.25, 0.3) is 5.56 Å². The second-order valence-electron chi connectivity index (χ2n) is 9.35. The van der Waals surface area contributed by atoms with Gasteiger partial charge in [-0.3, -0.25) is 9.36 Å². The number of hydrogen-bond donors (Lipinski definition) is 1. The quantitative estimate of drug-likeness (QED) is 0.528. The third-order valence-electron chi connectivity index (χ3n) is 7.24. The maximum absolute atomic E-state index is 13.2. The molecule has 2 N–H and O–H groups in total. The predicted molar refractivity (Wildman–Crippen MR) is 138 cm³/mol. The van der Waals surface area contributed by atoms with E-state index in [9.17, 15) is 4.79 Å². The minimum atomic E-state index is -0.225. The number of nitrogens with zero attached hydrogens (tertiary/aromatic N) is 3. The van der Waals surface area contributed by atoms with Gasteiger partial charge in [0.05, 0.1) is 23.4 Å². The first-order valence-corrected chi connectivity index (χ1v) is 12.5. The van der Waals surface area contributed by atoms with Gasteiger partial charge in [-0.2, -0.15) is 0 Å². The summed E-state index contributed by atoms with van der Waals surface area (Å²) in [6.07, 6.45) is 1.89. The summed E-state index contributed by atoms with van der Waals surface area (Å²) in [7, 11) is 0. The third-order valence-corrected chi connectivity index (χ3v) is 8.10. The van der Waals surface area contributed by atoms with Crippen molar-refractivity contribution >= 4 is 29.0 Å². The van der Waals surface area contributed by atoms with Crippen molar-refractivity contribution in [1.82, 2.24) is 9.55 Å². The van der Waals surface area contributed by atoms with E-state index in [0.717, 1.165) is 25.9 Å². The van der Waals surface area contributed by atoms with Gasteiger partial charge in [-0.25, -0.2) is 4.98 Å². The number of piperidine rings is 1. The van der Waals surface area contributed by atoms with Crippen molar-refractivity contribution in [3.05, 3.63) is 74.8 Å². The van der Waals surface area contributed by atoms with E-state index in [1.807, 2.05) is 37.3 Å². The van der Waals surface area contributed by atoms with Crippen molar-refractivity contribution in [3.8, 4) is 17.2 Å². The molecule has 0 saturated carbocycles. The van der Waals surface area contributed by atoms with Crippen molar-refractivity contribution in [2.75, 3.05) is 24.6 Å². The Labute approximate surface area is 214 Å². The van der Waals surface area contributed by atoms with E-state index >= 15 is 0 Å². The topological polar surface area (TPSA) is 82.6 Å². The standard InChI is InChI=1S/C26H28Cl2N4O3/c1-16-25(29)26(15-34-16)10-12-31(13-11-26)21-14-22(33)32(17(2)30-21)19-8-9-20(24(28)23(19)27)35-18-6-4-3-5-7-18/h3-9,14,16,25H,10-13,15,29H2,1-2H3/t16-,25+/m0/s1. The molecule has 0 unspecified atom stereocenters. The number of hydrogen-bond acceptors (Lipinski definition) is 6. The van der Waals surface area contributed by atoms with Gasteiger partial charge in [0, 0.05) is 30.6 Å². The van der Waals surface area contributed by atoms with Gasteiger partial charge < -0.3 is 20.1 Å². The number of aryl methyl sites for hydroxylation is 1. The molecule has 35 heavy (non-hydrogen) atoms. The number of aromatic nitrogens is 2. The highest BCUT2D eigenvalue weighted by Gasteiger charge is 2.47. The Morgan fingerprint density at radius 3 is 2.46 bits per heavy atom. The average Bonchev–Trinajstić information content (AvgIpc) is 3.12. The van der Waals surface area contributed by atoms with Crippen LogP contribution < -0.4 is 20.9 Å². The van der Waals surface area contributed by atoms with Gasteiger partial charge in [-0.05, 0) is 51.0 Å². The van der Waals surface area contributed by atoms with Crippen molar-refractivity contribution in [2.45, 2.75) is 38.8 Å². The first-order chi connectivity index (χ1) is 16.8. The molecule has 3 heterocycles. The summed E-state index contributed by atoms with van der Waals surface area (Å²) in [5.74, 6) is 2.23. The zero-order chi connectivity index (χ0) is 24.7.